The summed E-state index contributed by atoms with van der Waals surface area (Å²) in [5.41, 5.74) is 2.27. The van der Waals surface area contributed by atoms with Crippen LogP contribution in [0.3, 0.4) is 0 Å². The molecule has 3 aromatic rings. The Bertz CT molecular complexity index is 1060. The molecule has 3 rings (SSSR count). The van der Waals surface area contributed by atoms with Gasteiger partial charge in [-0.15, -0.1) is 0 Å². The number of carboxylic acids is 1. The van der Waals surface area contributed by atoms with Gasteiger partial charge in [-0.05, 0) is 41.0 Å². The van der Waals surface area contributed by atoms with Crippen LogP contribution >= 0.6 is 0 Å². The van der Waals surface area contributed by atoms with Gasteiger partial charge in [0.2, 0.25) is 6.61 Å². The van der Waals surface area contributed by atoms with Crippen molar-refractivity contribution >= 4 is 12.2 Å². The molecule has 0 heterocycles. The first-order valence-electron chi connectivity index (χ1n) is 9.18. The molecule has 0 unspecified atom stereocenters. The van der Waals surface area contributed by atoms with Crippen molar-refractivity contribution in [3.8, 4) is 16.9 Å². The molecule has 0 saturated carbocycles. The largest absolute Gasteiger partial charge is 0.489 e. The smallest absolute Gasteiger partial charge is 0.416 e. The Morgan fingerprint density at radius 1 is 1.00 bits per heavy atom. The average molecular weight is 429 g/mol. The van der Waals surface area contributed by atoms with Gasteiger partial charge in [-0.25, -0.2) is 4.79 Å². The van der Waals surface area contributed by atoms with Crippen molar-refractivity contribution in [1.29, 1.82) is 0 Å². The van der Waals surface area contributed by atoms with Gasteiger partial charge in [0.05, 0.1) is 11.8 Å². The molecule has 3 aromatic carbocycles. The maximum Gasteiger partial charge on any atom is 0.416 e. The lowest BCUT2D eigenvalue weighted by molar-refractivity contribution is -0.142. The van der Waals surface area contributed by atoms with E-state index in [-0.39, 0.29) is 6.61 Å². The lowest BCUT2D eigenvalue weighted by atomic mass is 10.0. The molecule has 0 bridgehead atoms. The molecule has 0 radical (unpaired) electrons. The molecule has 160 valence electrons. The van der Waals surface area contributed by atoms with Crippen LogP contribution in [0, 0.1) is 0 Å². The van der Waals surface area contributed by atoms with Crippen molar-refractivity contribution in [2.45, 2.75) is 12.8 Å². The third-order valence-corrected chi connectivity index (χ3v) is 4.25. The van der Waals surface area contributed by atoms with Crippen molar-refractivity contribution in [1.82, 2.24) is 0 Å². The number of ether oxygens (including phenoxy) is 1. The first-order valence-corrected chi connectivity index (χ1v) is 9.18. The van der Waals surface area contributed by atoms with E-state index >= 15 is 0 Å². The normalized spacial score (nSPS) is 11.5. The molecular weight excluding hydrogens is 411 g/mol. The molecule has 0 aliphatic rings. The highest BCUT2D eigenvalue weighted by molar-refractivity contribution is 5.90. The molecule has 0 spiro atoms. The number of aliphatic carboxylic acids is 1. The third kappa shape index (κ3) is 6.33. The lowest BCUT2D eigenvalue weighted by Gasteiger charge is -2.11. The molecule has 0 saturated heterocycles. The number of oxime groups is 1. The van der Waals surface area contributed by atoms with E-state index in [1.54, 1.807) is 24.3 Å². The molecular formula is C23H18F3NO4. The number of benzene rings is 3. The molecule has 0 amide bonds. The molecule has 0 aliphatic carbocycles. The fraction of sp³-hybridized carbons (Fsp3) is 0.130. The summed E-state index contributed by atoms with van der Waals surface area (Å²) in [5.74, 6) is -0.574. The van der Waals surface area contributed by atoms with Crippen molar-refractivity contribution < 1.29 is 32.6 Å². The summed E-state index contributed by atoms with van der Waals surface area (Å²) >= 11 is 0. The topological polar surface area (TPSA) is 68.1 Å². The quantitative estimate of drug-likeness (QED) is 0.385. The van der Waals surface area contributed by atoms with E-state index in [9.17, 15) is 18.0 Å². The van der Waals surface area contributed by atoms with E-state index in [0.29, 0.717) is 16.9 Å². The van der Waals surface area contributed by atoms with Crippen LogP contribution in [0.2, 0.25) is 0 Å². The minimum absolute atomic E-state index is 0.119. The molecule has 0 atom stereocenters. The number of nitrogens with zero attached hydrogens (tertiary/aromatic N) is 1. The van der Waals surface area contributed by atoms with Gasteiger partial charge in [0.15, 0.2) is 0 Å². The van der Waals surface area contributed by atoms with Gasteiger partial charge in [0.1, 0.15) is 12.4 Å². The Morgan fingerprint density at radius 3 is 2.45 bits per heavy atom. The monoisotopic (exact) mass is 429 g/mol. The van der Waals surface area contributed by atoms with Crippen LogP contribution in [0.15, 0.2) is 78.0 Å². The summed E-state index contributed by atoms with van der Waals surface area (Å²) in [6, 6.07) is 19.4. The summed E-state index contributed by atoms with van der Waals surface area (Å²) in [6.07, 6.45) is -2.95. The van der Waals surface area contributed by atoms with E-state index in [0.717, 1.165) is 23.3 Å². The fourth-order valence-corrected chi connectivity index (χ4v) is 2.77. The molecule has 0 fully saturated rings. The maximum atomic E-state index is 12.7. The van der Waals surface area contributed by atoms with Gasteiger partial charge in [-0.1, -0.05) is 53.7 Å². The summed E-state index contributed by atoms with van der Waals surface area (Å²) in [4.78, 5) is 15.2. The standard InChI is InChI=1S/C23H18F3NO4/c24-23(25,26)19-10-8-16(9-11-19)14-30-20-6-3-5-17(12-20)21-7-2-1-4-18(21)13-27-31-15-22(28)29/h1-13H,14-15H2,(H,28,29). The minimum Gasteiger partial charge on any atom is -0.489 e. The minimum atomic E-state index is -4.37. The van der Waals surface area contributed by atoms with E-state index < -0.39 is 24.3 Å². The summed E-state index contributed by atoms with van der Waals surface area (Å²) in [7, 11) is 0. The van der Waals surface area contributed by atoms with Gasteiger partial charge < -0.3 is 14.7 Å². The molecule has 1 N–H and O–H groups in total. The molecule has 0 aliphatic heterocycles. The van der Waals surface area contributed by atoms with Gasteiger partial charge in [-0.2, -0.15) is 13.2 Å². The molecule has 8 heteroatoms. The van der Waals surface area contributed by atoms with Crippen LogP contribution in [0.5, 0.6) is 5.75 Å². The predicted molar refractivity (Wildman–Crippen MR) is 109 cm³/mol. The summed E-state index contributed by atoms with van der Waals surface area (Å²) < 4.78 is 43.7. The van der Waals surface area contributed by atoms with E-state index in [1.165, 1.54) is 18.3 Å². The third-order valence-electron chi connectivity index (χ3n) is 4.25. The Morgan fingerprint density at radius 2 is 1.74 bits per heavy atom. The van der Waals surface area contributed by atoms with Crippen LogP contribution in [0.1, 0.15) is 16.7 Å². The Labute approximate surface area is 176 Å². The number of carbonyl (C=O) groups is 1. The summed E-state index contributed by atoms with van der Waals surface area (Å²) in [6.45, 7) is -0.417. The summed E-state index contributed by atoms with van der Waals surface area (Å²) in [5, 5.41) is 12.3. The number of alkyl halides is 3. The van der Waals surface area contributed by atoms with Gasteiger partial charge in [0.25, 0.3) is 0 Å². The highest BCUT2D eigenvalue weighted by Gasteiger charge is 2.29. The van der Waals surface area contributed by atoms with Gasteiger partial charge >= 0.3 is 12.1 Å². The van der Waals surface area contributed by atoms with E-state index in [1.807, 2.05) is 24.3 Å². The first-order chi connectivity index (χ1) is 14.8. The van der Waals surface area contributed by atoms with Crippen LogP contribution in [0.25, 0.3) is 11.1 Å². The van der Waals surface area contributed by atoms with Crippen LogP contribution in [-0.2, 0) is 22.4 Å². The number of hydrogen-bond acceptors (Lipinski definition) is 4. The highest BCUT2D eigenvalue weighted by Crippen LogP contribution is 2.30. The van der Waals surface area contributed by atoms with Crippen molar-refractivity contribution in [2.24, 2.45) is 5.16 Å². The second kappa shape index (κ2) is 9.80. The predicted octanol–water partition coefficient (Wildman–Crippen LogP) is 5.39. The van der Waals surface area contributed by atoms with Crippen LogP contribution < -0.4 is 4.74 Å². The van der Waals surface area contributed by atoms with Crippen molar-refractivity contribution in [3.05, 3.63) is 89.5 Å². The van der Waals surface area contributed by atoms with Gasteiger partial charge in [-0.3, -0.25) is 0 Å². The van der Waals surface area contributed by atoms with Crippen molar-refractivity contribution in [3.63, 3.8) is 0 Å². The second-order valence-electron chi connectivity index (χ2n) is 6.50. The van der Waals surface area contributed by atoms with Crippen LogP contribution in [-0.4, -0.2) is 23.9 Å². The Balaban J connectivity index is 1.71. The maximum absolute atomic E-state index is 12.7. The Kier molecular flexibility index (Phi) is 6.92. The van der Waals surface area contributed by atoms with Crippen molar-refractivity contribution in [2.75, 3.05) is 6.61 Å². The zero-order chi connectivity index (χ0) is 22.3. The number of hydrogen-bond donors (Lipinski definition) is 1. The average Bonchev–Trinajstić information content (AvgIpc) is 2.75. The van der Waals surface area contributed by atoms with E-state index in [4.69, 9.17) is 14.7 Å². The van der Waals surface area contributed by atoms with Gasteiger partial charge in [0, 0.05) is 5.56 Å². The van der Waals surface area contributed by atoms with E-state index in [2.05, 4.69) is 5.16 Å². The van der Waals surface area contributed by atoms with Crippen LogP contribution in [0.4, 0.5) is 13.2 Å². The zero-order valence-corrected chi connectivity index (χ0v) is 16.2. The highest BCUT2D eigenvalue weighted by atomic mass is 19.4. The second-order valence-corrected chi connectivity index (χ2v) is 6.50. The number of carboxylic acid groups (broad SMARTS) is 1. The molecule has 5 nitrogen and oxygen atoms in total. The SMILES string of the molecule is O=C(O)CON=Cc1ccccc1-c1cccc(OCc2ccc(C(F)(F)F)cc2)c1. The molecule has 0 aromatic heterocycles. The Hall–Kier alpha value is -3.81. The number of rotatable bonds is 8. The fourth-order valence-electron chi connectivity index (χ4n) is 2.77. The lowest BCUT2D eigenvalue weighted by Crippen LogP contribution is -2.05. The first kappa shape index (κ1) is 21.9. The zero-order valence-electron chi connectivity index (χ0n) is 16.2. The molecule has 31 heavy (non-hydrogen) atoms. The number of halogens is 3.